The van der Waals surface area contributed by atoms with E-state index in [1.54, 1.807) is 30.3 Å². The molecule has 1 heterocycles. The van der Waals surface area contributed by atoms with Gasteiger partial charge in [-0.15, -0.1) is 0 Å². The lowest BCUT2D eigenvalue weighted by Crippen LogP contribution is -2.21. The first kappa shape index (κ1) is 29.9. The van der Waals surface area contributed by atoms with Crippen LogP contribution in [0.4, 0.5) is 36.2 Å². The van der Waals surface area contributed by atoms with Crippen LogP contribution in [0.1, 0.15) is 0 Å². The minimum absolute atomic E-state index is 0.143. The van der Waals surface area contributed by atoms with E-state index in [0.29, 0.717) is 40.3 Å². The number of anilines is 4. The first-order chi connectivity index (χ1) is 17.8. The number of aliphatic carboxylic acids is 1. The molecule has 0 aliphatic heterocycles. The number of sulfonamides is 1. The van der Waals surface area contributed by atoms with Crippen LogP contribution in [-0.2, 0) is 14.8 Å². The van der Waals surface area contributed by atoms with Crippen molar-refractivity contribution in [2.45, 2.75) is 11.1 Å². The van der Waals surface area contributed by atoms with Gasteiger partial charge in [-0.3, -0.25) is 0 Å². The van der Waals surface area contributed by atoms with Crippen LogP contribution >= 0.6 is 0 Å². The molecule has 3 rings (SSSR count). The van der Waals surface area contributed by atoms with E-state index < -0.39 is 22.2 Å². The molecule has 0 spiro atoms. The number of ether oxygens (including phenoxy) is 3. The predicted octanol–water partition coefficient (Wildman–Crippen LogP) is 3.53. The Morgan fingerprint density at radius 2 is 1.42 bits per heavy atom. The van der Waals surface area contributed by atoms with Crippen molar-refractivity contribution in [3.05, 3.63) is 48.8 Å². The first-order valence-electron chi connectivity index (χ1n) is 10.3. The van der Waals surface area contributed by atoms with Gasteiger partial charge in [-0.1, -0.05) is 6.07 Å². The van der Waals surface area contributed by atoms with Gasteiger partial charge in [0.25, 0.3) is 0 Å². The lowest BCUT2D eigenvalue weighted by molar-refractivity contribution is -0.192. The van der Waals surface area contributed by atoms with Crippen molar-refractivity contribution in [2.24, 2.45) is 0 Å². The zero-order chi connectivity index (χ0) is 28.5. The molecule has 3 aromatic rings. The fourth-order valence-corrected chi connectivity index (χ4v) is 3.58. The second kappa shape index (κ2) is 12.8. The number of aromatic nitrogens is 2. The maximum Gasteiger partial charge on any atom is 0.490 e. The molecule has 0 unspecified atom stereocenters. The fourth-order valence-electron chi connectivity index (χ4n) is 2.80. The summed E-state index contributed by atoms with van der Waals surface area (Å²) in [6, 6.07) is 11.6. The molecule has 38 heavy (non-hydrogen) atoms. The number of halogens is 3. The Morgan fingerprint density at radius 3 is 1.87 bits per heavy atom. The number of alkyl halides is 3. The highest BCUT2D eigenvalue weighted by atomic mass is 32.2. The molecule has 1 aromatic heterocycles. The van der Waals surface area contributed by atoms with Crippen LogP contribution in [0, 0.1) is 0 Å². The maximum absolute atomic E-state index is 12.0. The van der Waals surface area contributed by atoms with E-state index in [2.05, 4.69) is 25.3 Å². The molecule has 0 fully saturated rings. The Bertz CT molecular complexity index is 1350. The van der Waals surface area contributed by atoms with Crippen molar-refractivity contribution in [1.29, 1.82) is 0 Å². The number of nitrogens with zero attached hydrogens (tertiary/aromatic N) is 2. The van der Waals surface area contributed by atoms with E-state index in [9.17, 15) is 21.6 Å². The van der Waals surface area contributed by atoms with Gasteiger partial charge in [0.1, 0.15) is 18.0 Å². The van der Waals surface area contributed by atoms with Crippen molar-refractivity contribution in [1.82, 2.24) is 14.7 Å². The second-order valence-electron chi connectivity index (χ2n) is 6.99. The second-order valence-corrected chi connectivity index (χ2v) is 8.88. The highest BCUT2D eigenvalue weighted by molar-refractivity contribution is 7.89. The number of carboxylic acid groups (broad SMARTS) is 1. The monoisotopic (exact) mass is 559 g/mol. The van der Waals surface area contributed by atoms with Crippen LogP contribution in [0.25, 0.3) is 0 Å². The number of nitrogens with one attached hydrogen (secondary N) is 3. The van der Waals surface area contributed by atoms with Gasteiger partial charge in [-0.25, -0.2) is 27.9 Å². The predicted molar refractivity (Wildman–Crippen MR) is 131 cm³/mol. The summed E-state index contributed by atoms with van der Waals surface area (Å²) in [7, 11) is 2.42. The van der Waals surface area contributed by atoms with Gasteiger partial charge >= 0.3 is 12.1 Å². The average Bonchev–Trinajstić information content (AvgIpc) is 2.88. The standard InChI is InChI=1S/C20H23N5O5S.C2HF3O2/c1-21-31(26,27)15-7-5-6-13(8-15)24-18-11-19(23-12-22-18)25-14-9-16(28-2)20(30-4)17(10-14)29-3;3-2(4,5)1(6)7/h5-12,21H,1-4H3,(H2,22,23,24,25);(H,6,7). The highest BCUT2D eigenvalue weighted by Gasteiger charge is 2.38. The quantitative estimate of drug-likeness (QED) is 0.304. The Kier molecular flexibility index (Phi) is 10.1. The molecule has 0 radical (unpaired) electrons. The summed E-state index contributed by atoms with van der Waals surface area (Å²) in [6.07, 6.45) is -3.70. The Labute approximate surface area is 215 Å². The van der Waals surface area contributed by atoms with Gasteiger partial charge in [-0.05, 0) is 25.2 Å². The molecule has 0 aliphatic carbocycles. The molecule has 2 aromatic carbocycles. The molecule has 0 aliphatic rings. The van der Waals surface area contributed by atoms with Crippen molar-refractivity contribution in [3.63, 3.8) is 0 Å². The van der Waals surface area contributed by atoms with Gasteiger partial charge < -0.3 is 30.0 Å². The zero-order valence-corrected chi connectivity index (χ0v) is 21.3. The number of carbonyl (C=O) groups is 1. The molecule has 206 valence electrons. The van der Waals surface area contributed by atoms with Crippen LogP contribution in [0.3, 0.4) is 0 Å². The summed E-state index contributed by atoms with van der Waals surface area (Å²) in [6.45, 7) is 0. The molecule has 12 nitrogen and oxygen atoms in total. The van der Waals surface area contributed by atoms with Crippen LogP contribution < -0.4 is 29.6 Å². The van der Waals surface area contributed by atoms with Crippen molar-refractivity contribution in [2.75, 3.05) is 39.0 Å². The molecule has 0 atom stereocenters. The first-order valence-corrected chi connectivity index (χ1v) is 11.8. The van der Waals surface area contributed by atoms with Gasteiger partial charge in [0.05, 0.1) is 26.2 Å². The number of methoxy groups -OCH3 is 3. The molecule has 0 amide bonds. The highest BCUT2D eigenvalue weighted by Crippen LogP contribution is 2.40. The maximum atomic E-state index is 12.0. The van der Waals surface area contributed by atoms with Gasteiger partial charge in [-0.2, -0.15) is 13.2 Å². The molecule has 0 saturated heterocycles. The smallest absolute Gasteiger partial charge is 0.490 e. The Hall–Kier alpha value is -4.31. The average molecular weight is 560 g/mol. The number of hydrogen-bond donors (Lipinski definition) is 4. The van der Waals surface area contributed by atoms with E-state index >= 15 is 0 Å². The van der Waals surface area contributed by atoms with E-state index in [0.717, 1.165) is 0 Å². The molecular weight excluding hydrogens is 535 g/mol. The third kappa shape index (κ3) is 8.10. The van der Waals surface area contributed by atoms with Crippen LogP contribution in [-0.4, -0.2) is 64.0 Å². The molecule has 0 saturated carbocycles. The summed E-state index contributed by atoms with van der Waals surface area (Å²) in [5, 5.41) is 13.4. The third-order valence-corrected chi connectivity index (χ3v) is 5.94. The van der Waals surface area contributed by atoms with E-state index in [4.69, 9.17) is 24.1 Å². The zero-order valence-electron chi connectivity index (χ0n) is 20.5. The largest absolute Gasteiger partial charge is 0.493 e. The van der Waals surface area contributed by atoms with Crippen LogP contribution in [0.2, 0.25) is 0 Å². The number of carboxylic acids is 1. The normalized spacial score (nSPS) is 11.0. The van der Waals surface area contributed by atoms with Gasteiger partial charge in [0.15, 0.2) is 11.5 Å². The summed E-state index contributed by atoms with van der Waals surface area (Å²) >= 11 is 0. The number of rotatable bonds is 9. The van der Waals surface area contributed by atoms with E-state index in [-0.39, 0.29) is 4.90 Å². The molecule has 4 N–H and O–H groups in total. The summed E-state index contributed by atoms with van der Waals surface area (Å²) < 4.78 is 74.1. The Morgan fingerprint density at radius 1 is 0.895 bits per heavy atom. The van der Waals surface area contributed by atoms with E-state index in [1.807, 2.05) is 0 Å². The van der Waals surface area contributed by atoms with Crippen molar-refractivity contribution >= 4 is 39.0 Å². The third-order valence-electron chi connectivity index (χ3n) is 4.53. The minimum Gasteiger partial charge on any atom is -0.493 e. The topological polar surface area (TPSA) is 161 Å². The molecule has 0 bridgehead atoms. The Balaban J connectivity index is 0.000000638. The minimum atomic E-state index is -5.08. The van der Waals surface area contributed by atoms with Crippen LogP contribution in [0.5, 0.6) is 17.2 Å². The SMILES string of the molecule is CNS(=O)(=O)c1cccc(Nc2cc(Nc3cc(OC)c(OC)c(OC)c3)ncn2)c1.O=C(O)C(F)(F)F. The van der Waals surface area contributed by atoms with Crippen LogP contribution in [0.15, 0.2) is 53.7 Å². The summed E-state index contributed by atoms with van der Waals surface area (Å²) in [5.74, 6) is -0.294. The molecule has 16 heteroatoms. The van der Waals surface area contributed by atoms with Crippen molar-refractivity contribution < 1.29 is 45.7 Å². The lowest BCUT2D eigenvalue weighted by Gasteiger charge is -2.15. The summed E-state index contributed by atoms with van der Waals surface area (Å²) in [4.78, 5) is 17.4. The molecular formula is C22H24F3N5O7S. The van der Waals surface area contributed by atoms with Crippen molar-refractivity contribution in [3.8, 4) is 17.2 Å². The number of hydrogen-bond acceptors (Lipinski definition) is 10. The number of benzene rings is 2. The van der Waals surface area contributed by atoms with E-state index in [1.165, 1.54) is 46.8 Å². The lowest BCUT2D eigenvalue weighted by atomic mass is 10.2. The van der Waals surface area contributed by atoms with Gasteiger partial charge in [0.2, 0.25) is 15.8 Å². The fraction of sp³-hybridized carbons (Fsp3) is 0.227. The summed E-state index contributed by atoms with van der Waals surface area (Å²) in [5.41, 5.74) is 1.23. The van der Waals surface area contributed by atoms with Gasteiger partial charge in [0, 0.05) is 29.6 Å².